The number of hydrogen-bond acceptors (Lipinski definition) is 4. The minimum Gasteiger partial charge on any atom is -0.473 e. The molecule has 3 N–H and O–H groups in total. The second-order valence-corrected chi connectivity index (χ2v) is 5.02. The van der Waals surface area contributed by atoms with E-state index in [4.69, 9.17) is 24.4 Å². The first-order chi connectivity index (χ1) is 9.21. The Morgan fingerprint density at radius 2 is 1.35 bits per heavy atom. The number of benzene rings is 2. The summed E-state index contributed by atoms with van der Waals surface area (Å²) in [6.45, 7) is 0. The molecule has 0 radical (unpaired) electrons. The molecule has 0 unspecified atom stereocenters. The Balaban J connectivity index is 0.000000286. The molecular formula is C12H10O7S. The van der Waals surface area contributed by atoms with Crippen LogP contribution in [-0.4, -0.2) is 35.1 Å². The van der Waals surface area contributed by atoms with Gasteiger partial charge in [-0.3, -0.25) is 4.55 Å². The number of rotatable bonds is 1. The lowest BCUT2D eigenvalue weighted by Gasteiger charge is -1.99. The van der Waals surface area contributed by atoms with Gasteiger partial charge in [-0.05, 0) is 22.9 Å². The summed E-state index contributed by atoms with van der Waals surface area (Å²) in [7, 11) is -4.09. The van der Waals surface area contributed by atoms with Gasteiger partial charge in [-0.15, -0.1) is 0 Å². The van der Waals surface area contributed by atoms with Gasteiger partial charge in [0.2, 0.25) is 0 Å². The molecule has 0 aliphatic heterocycles. The molecule has 0 heterocycles. The predicted octanol–water partition coefficient (Wildman–Crippen LogP) is 1.24. The van der Waals surface area contributed by atoms with Gasteiger partial charge in [-0.2, -0.15) is 8.42 Å². The Hall–Kier alpha value is -2.45. The van der Waals surface area contributed by atoms with Gasteiger partial charge in [-0.25, -0.2) is 9.59 Å². The van der Waals surface area contributed by atoms with Crippen molar-refractivity contribution in [2.45, 2.75) is 4.90 Å². The predicted molar refractivity (Wildman–Crippen MR) is 69.0 cm³/mol. The Labute approximate surface area is 113 Å². The number of carbonyl (C=O) groups is 2. The lowest BCUT2D eigenvalue weighted by atomic mass is 10.1. The molecule has 0 amide bonds. The molecule has 8 heteroatoms. The molecular weight excluding hydrogens is 288 g/mol. The molecule has 0 saturated heterocycles. The van der Waals surface area contributed by atoms with Crippen molar-refractivity contribution in [2.75, 3.05) is 0 Å². The van der Waals surface area contributed by atoms with Crippen LogP contribution in [0.25, 0.3) is 10.8 Å². The maximum atomic E-state index is 10.8. The van der Waals surface area contributed by atoms with Crippen LogP contribution >= 0.6 is 0 Å². The Morgan fingerprint density at radius 3 is 1.80 bits per heavy atom. The molecule has 2 rings (SSSR count). The molecule has 0 aliphatic carbocycles. The van der Waals surface area contributed by atoms with Crippen molar-refractivity contribution in [1.82, 2.24) is 0 Å². The van der Waals surface area contributed by atoms with E-state index >= 15 is 0 Å². The summed E-state index contributed by atoms with van der Waals surface area (Å²) >= 11 is 0. The Morgan fingerprint density at radius 1 is 0.850 bits per heavy atom. The molecule has 0 bridgehead atoms. The minimum absolute atomic E-state index is 0.0730. The molecule has 0 spiro atoms. The van der Waals surface area contributed by atoms with Crippen LogP contribution in [0.15, 0.2) is 47.4 Å². The van der Waals surface area contributed by atoms with E-state index in [1.165, 1.54) is 12.1 Å². The van der Waals surface area contributed by atoms with E-state index in [2.05, 4.69) is 0 Å². The lowest BCUT2D eigenvalue weighted by molar-refractivity contribution is -0.159. The summed E-state index contributed by atoms with van der Waals surface area (Å²) in [6.07, 6.45) is 0. The molecule has 20 heavy (non-hydrogen) atoms. The van der Waals surface area contributed by atoms with E-state index in [1.54, 1.807) is 12.1 Å². The topological polar surface area (TPSA) is 129 Å². The van der Waals surface area contributed by atoms with E-state index in [0.717, 1.165) is 10.8 Å². The number of hydrogen-bond donors (Lipinski definition) is 3. The highest BCUT2D eigenvalue weighted by Crippen LogP contribution is 2.18. The van der Waals surface area contributed by atoms with Gasteiger partial charge < -0.3 is 10.2 Å². The van der Waals surface area contributed by atoms with Crippen LogP contribution in [0.3, 0.4) is 0 Å². The average molecular weight is 298 g/mol. The quantitative estimate of drug-likeness (QED) is 0.533. The number of carboxylic acid groups (broad SMARTS) is 2. The van der Waals surface area contributed by atoms with Gasteiger partial charge in [-0.1, -0.05) is 30.3 Å². The summed E-state index contributed by atoms with van der Waals surface area (Å²) in [5.41, 5.74) is 0. The Kier molecular flexibility index (Phi) is 4.78. The second kappa shape index (κ2) is 6.13. The molecule has 2 aromatic rings. The van der Waals surface area contributed by atoms with E-state index in [-0.39, 0.29) is 4.90 Å². The van der Waals surface area contributed by atoms with Gasteiger partial charge in [0.15, 0.2) is 0 Å². The molecule has 2 aromatic carbocycles. The fraction of sp³-hybridized carbons (Fsp3) is 0. The molecule has 7 nitrogen and oxygen atoms in total. The van der Waals surface area contributed by atoms with Gasteiger partial charge in [0.25, 0.3) is 10.1 Å². The van der Waals surface area contributed by atoms with E-state index in [1.807, 2.05) is 18.2 Å². The second-order valence-electron chi connectivity index (χ2n) is 3.59. The fourth-order valence-electron chi connectivity index (χ4n) is 1.33. The fourth-order valence-corrected chi connectivity index (χ4v) is 1.84. The molecule has 106 valence electrons. The number of carboxylic acids is 2. The van der Waals surface area contributed by atoms with Crippen LogP contribution in [0, 0.1) is 0 Å². The van der Waals surface area contributed by atoms with Crippen LogP contribution in [-0.2, 0) is 19.7 Å². The summed E-state index contributed by atoms with van der Waals surface area (Å²) in [5.74, 6) is -3.65. The van der Waals surface area contributed by atoms with E-state index < -0.39 is 22.1 Å². The van der Waals surface area contributed by atoms with Crippen LogP contribution in [0.2, 0.25) is 0 Å². The first kappa shape index (κ1) is 15.6. The molecule has 0 saturated carbocycles. The molecule has 0 atom stereocenters. The smallest absolute Gasteiger partial charge is 0.414 e. The SMILES string of the molecule is O=C(O)C(=O)O.O=S(=O)(O)c1ccc2ccccc2c1. The molecule has 0 aliphatic rings. The van der Waals surface area contributed by atoms with Crippen LogP contribution in [0.1, 0.15) is 0 Å². The van der Waals surface area contributed by atoms with Crippen LogP contribution in [0.5, 0.6) is 0 Å². The summed E-state index contributed by atoms with van der Waals surface area (Å²) < 4.78 is 30.5. The highest BCUT2D eigenvalue weighted by atomic mass is 32.2. The third kappa shape index (κ3) is 4.34. The zero-order chi connectivity index (χ0) is 15.3. The van der Waals surface area contributed by atoms with Gasteiger partial charge in [0.1, 0.15) is 0 Å². The largest absolute Gasteiger partial charge is 0.473 e. The van der Waals surface area contributed by atoms with Crippen molar-refractivity contribution in [3.8, 4) is 0 Å². The van der Waals surface area contributed by atoms with Crippen LogP contribution in [0.4, 0.5) is 0 Å². The number of fused-ring (bicyclic) bond motifs is 1. The van der Waals surface area contributed by atoms with Gasteiger partial charge >= 0.3 is 11.9 Å². The third-order valence-electron chi connectivity index (χ3n) is 2.20. The zero-order valence-corrected chi connectivity index (χ0v) is 10.7. The van der Waals surface area contributed by atoms with Crippen molar-refractivity contribution < 1.29 is 32.8 Å². The van der Waals surface area contributed by atoms with Crippen LogP contribution < -0.4 is 0 Å². The van der Waals surface area contributed by atoms with Crippen molar-refractivity contribution in [1.29, 1.82) is 0 Å². The normalized spacial score (nSPS) is 10.4. The monoisotopic (exact) mass is 298 g/mol. The lowest BCUT2D eigenvalue weighted by Crippen LogP contribution is -2.09. The first-order valence-electron chi connectivity index (χ1n) is 5.14. The minimum atomic E-state index is -4.09. The average Bonchev–Trinajstić information content (AvgIpc) is 2.37. The Bertz CT molecular complexity index is 737. The summed E-state index contributed by atoms with van der Waals surface area (Å²) in [4.78, 5) is 18.1. The maximum absolute atomic E-state index is 10.8. The zero-order valence-electron chi connectivity index (χ0n) is 9.92. The van der Waals surface area contributed by atoms with Crippen molar-refractivity contribution in [3.63, 3.8) is 0 Å². The highest BCUT2D eigenvalue weighted by Gasteiger charge is 2.08. The summed E-state index contributed by atoms with van der Waals surface area (Å²) in [5, 5.41) is 16.5. The van der Waals surface area contributed by atoms with Gasteiger partial charge in [0, 0.05) is 0 Å². The number of aliphatic carboxylic acids is 2. The van der Waals surface area contributed by atoms with Crippen molar-refractivity contribution >= 4 is 32.8 Å². The maximum Gasteiger partial charge on any atom is 0.414 e. The van der Waals surface area contributed by atoms with Gasteiger partial charge in [0.05, 0.1) is 4.90 Å². The third-order valence-corrected chi connectivity index (χ3v) is 3.05. The van der Waals surface area contributed by atoms with Crippen molar-refractivity contribution in [3.05, 3.63) is 42.5 Å². The summed E-state index contributed by atoms with van der Waals surface area (Å²) in [6, 6.07) is 11.9. The highest BCUT2D eigenvalue weighted by molar-refractivity contribution is 7.85. The standard InChI is InChI=1S/C10H8O3S.C2H2O4/c11-14(12,13)10-6-5-8-3-1-2-4-9(8)7-10;3-1(4)2(5)6/h1-7H,(H,11,12,13);(H,3,4)(H,5,6). The first-order valence-corrected chi connectivity index (χ1v) is 6.58. The molecule has 0 aromatic heterocycles. The van der Waals surface area contributed by atoms with Crippen molar-refractivity contribution in [2.24, 2.45) is 0 Å². The molecule has 0 fully saturated rings. The van der Waals surface area contributed by atoms with E-state index in [0.29, 0.717) is 0 Å². The van der Waals surface area contributed by atoms with E-state index in [9.17, 15) is 8.42 Å².